The molecule has 0 aliphatic rings. The van der Waals surface area contributed by atoms with E-state index in [1.807, 2.05) is 17.5 Å². The van der Waals surface area contributed by atoms with Crippen molar-refractivity contribution >= 4 is 11.3 Å². The Kier molecular flexibility index (Phi) is 3.47. The molecule has 0 fully saturated rings. The Morgan fingerprint density at radius 1 is 1.05 bits per heavy atom. The van der Waals surface area contributed by atoms with Gasteiger partial charge in [-0.15, -0.1) is 11.3 Å². The summed E-state index contributed by atoms with van der Waals surface area (Å²) in [7, 11) is 0. The SMILES string of the molecule is FC(F)(F)c1cccc(-c2cncnc2-c2cccs2)c1. The van der Waals surface area contributed by atoms with E-state index < -0.39 is 11.7 Å². The standard InChI is InChI=1S/C15H9F3N2S/c16-15(17,18)11-4-1-3-10(7-11)12-8-19-9-20-14(12)13-5-2-6-21-13/h1-9H. The summed E-state index contributed by atoms with van der Waals surface area (Å²) in [6, 6.07) is 8.95. The maximum Gasteiger partial charge on any atom is 0.416 e. The summed E-state index contributed by atoms with van der Waals surface area (Å²) in [4.78, 5) is 9.04. The minimum Gasteiger partial charge on any atom is -0.244 e. The van der Waals surface area contributed by atoms with E-state index in [9.17, 15) is 13.2 Å². The average molecular weight is 306 g/mol. The predicted molar refractivity (Wildman–Crippen MR) is 75.8 cm³/mol. The Bertz CT molecular complexity index is 752. The zero-order chi connectivity index (χ0) is 14.9. The second kappa shape index (κ2) is 5.29. The fourth-order valence-corrected chi connectivity index (χ4v) is 2.75. The number of alkyl halides is 3. The van der Waals surface area contributed by atoms with E-state index in [4.69, 9.17) is 0 Å². The molecular formula is C15H9F3N2S. The van der Waals surface area contributed by atoms with Gasteiger partial charge >= 0.3 is 6.18 Å². The smallest absolute Gasteiger partial charge is 0.244 e. The first-order valence-electron chi connectivity index (χ1n) is 6.07. The van der Waals surface area contributed by atoms with Crippen LogP contribution in [0.1, 0.15) is 5.56 Å². The van der Waals surface area contributed by atoms with Crippen molar-refractivity contribution in [3.05, 3.63) is 59.9 Å². The summed E-state index contributed by atoms with van der Waals surface area (Å²) in [5.74, 6) is 0. The van der Waals surface area contributed by atoms with Gasteiger partial charge in [-0.3, -0.25) is 0 Å². The third-order valence-electron chi connectivity index (χ3n) is 2.97. The van der Waals surface area contributed by atoms with Crippen LogP contribution in [0.3, 0.4) is 0 Å². The maximum absolute atomic E-state index is 12.8. The molecular weight excluding hydrogens is 297 g/mol. The third kappa shape index (κ3) is 2.80. The molecule has 2 heterocycles. The van der Waals surface area contributed by atoms with Gasteiger partial charge in [-0.2, -0.15) is 13.2 Å². The first-order valence-corrected chi connectivity index (χ1v) is 6.95. The molecule has 0 N–H and O–H groups in total. The van der Waals surface area contributed by atoms with Gasteiger partial charge in [-0.25, -0.2) is 9.97 Å². The number of hydrogen-bond donors (Lipinski definition) is 0. The molecule has 1 aromatic carbocycles. The van der Waals surface area contributed by atoms with Crippen molar-refractivity contribution in [1.29, 1.82) is 0 Å². The fraction of sp³-hybridized carbons (Fsp3) is 0.0667. The Balaban J connectivity index is 2.14. The highest BCUT2D eigenvalue weighted by Gasteiger charge is 2.30. The lowest BCUT2D eigenvalue weighted by molar-refractivity contribution is -0.137. The van der Waals surface area contributed by atoms with Crippen LogP contribution in [0.15, 0.2) is 54.3 Å². The van der Waals surface area contributed by atoms with Crippen LogP contribution in [-0.2, 0) is 6.18 Å². The molecule has 0 unspecified atom stereocenters. The van der Waals surface area contributed by atoms with Crippen molar-refractivity contribution < 1.29 is 13.2 Å². The summed E-state index contributed by atoms with van der Waals surface area (Å²) in [5.41, 5.74) is 1.00. The summed E-state index contributed by atoms with van der Waals surface area (Å²) < 4.78 is 38.5. The van der Waals surface area contributed by atoms with Crippen LogP contribution in [0, 0.1) is 0 Å². The number of thiophene rings is 1. The molecule has 0 aliphatic carbocycles. The van der Waals surface area contributed by atoms with Gasteiger partial charge in [-0.1, -0.05) is 18.2 Å². The molecule has 0 saturated carbocycles. The number of hydrogen-bond acceptors (Lipinski definition) is 3. The summed E-state index contributed by atoms with van der Waals surface area (Å²) in [5, 5.41) is 1.90. The van der Waals surface area contributed by atoms with Crippen LogP contribution >= 0.6 is 11.3 Å². The van der Waals surface area contributed by atoms with Gasteiger partial charge in [-0.05, 0) is 29.1 Å². The van der Waals surface area contributed by atoms with E-state index in [1.54, 1.807) is 6.07 Å². The van der Waals surface area contributed by atoms with Gasteiger partial charge in [0.25, 0.3) is 0 Å². The van der Waals surface area contributed by atoms with Gasteiger partial charge in [0.05, 0.1) is 16.1 Å². The van der Waals surface area contributed by atoms with E-state index in [1.165, 1.54) is 29.9 Å². The average Bonchev–Trinajstić information content (AvgIpc) is 3.01. The van der Waals surface area contributed by atoms with Crippen LogP contribution < -0.4 is 0 Å². The monoisotopic (exact) mass is 306 g/mol. The summed E-state index contributed by atoms with van der Waals surface area (Å²) >= 11 is 1.48. The molecule has 21 heavy (non-hydrogen) atoms. The van der Waals surface area contributed by atoms with E-state index >= 15 is 0 Å². The van der Waals surface area contributed by atoms with E-state index in [0.29, 0.717) is 16.8 Å². The van der Waals surface area contributed by atoms with E-state index in [0.717, 1.165) is 17.0 Å². The van der Waals surface area contributed by atoms with Crippen molar-refractivity contribution in [3.8, 4) is 21.7 Å². The van der Waals surface area contributed by atoms with Crippen molar-refractivity contribution in [2.45, 2.75) is 6.18 Å². The van der Waals surface area contributed by atoms with Crippen LogP contribution in [0.5, 0.6) is 0 Å². The quantitative estimate of drug-likeness (QED) is 0.673. The van der Waals surface area contributed by atoms with Crippen LogP contribution in [-0.4, -0.2) is 9.97 Å². The lowest BCUT2D eigenvalue weighted by atomic mass is 10.0. The first kappa shape index (κ1) is 13.8. The lowest BCUT2D eigenvalue weighted by Gasteiger charge is -2.10. The van der Waals surface area contributed by atoms with Crippen molar-refractivity contribution in [1.82, 2.24) is 9.97 Å². The Morgan fingerprint density at radius 2 is 1.90 bits per heavy atom. The number of nitrogens with zero attached hydrogens (tertiary/aromatic N) is 2. The van der Waals surface area contributed by atoms with Gasteiger partial charge in [0, 0.05) is 11.8 Å². The molecule has 0 amide bonds. The number of rotatable bonds is 2. The van der Waals surface area contributed by atoms with Crippen molar-refractivity contribution in [3.63, 3.8) is 0 Å². The molecule has 0 spiro atoms. The lowest BCUT2D eigenvalue weighted by Crippen LogP contribution is -2.04. The highest BCUT2D eigenvalue weighted by molar-refractivity contribution is 7.13. The van der Waals surface area contributed by atoms with Gasteiger partial charge < -0.3 is 0 Å². The van der Waals surface area contributed by atoms with Gasteiger partial charge in [0.2, 0.25) is 0 Å². The summed E-state index contributed by atoms with van der Waals surface area (Å²) in [6.45, 7) is 0. The highest BCUT2D eigenvalue weighted by Crippen LogP contribution is 2.35. The van der Waals surface area contributed by atoms with Crippen molar-refractivity contribution in [2.75, 3.05) is 0 Å². The second-order valence-electron chi connectivity index (χ2n) is 4.34. The van der Waals surface area contributed by atoms with Crippen LogP contribution in [0.25, 0.3) is 21.7 Å². The maximum atomic E-state index is 12.8. The second-order valence-corrected chi connectivity index (χ2v) is 5.29. The minimum absolute atomic E-state index is 0.453. The normalized spacial score (nSPS) is 11.6. The molecule has 3 aromatic rings. The molecule has 0 aliphatic heterocycles. The van der Waals surface area contributed by atoms with E-state index in [-0.39, 0.29) is 0 Å². The molecule has 3 rings (SSSR count). The molecule has 0 atom stereocenters. The Morgan fingerprint density at radius 3 is 2.62 bits per heavy atom. The van der Waals surface area contributed by atoms with Gasteiger partial charge in [0.15, 0.2) is 0 Å². The molecule has 2 nitrogen and oxygen atoms in total. The number of aromatic nitrogens is 2. The largest absolute Gasteiger partial charge is 0.416 e. The molecule has 0 saturated heterocycles. The first-order chi connectivity index (χ1) is 10.1. The third-order valence-corrected chi connectivity index (χ3v) is 3.84. The minimum atomic E-state index is -4.37. The highest BCUT2D eigenvalue weighted by atomic mass is 32.1. The predicted octanol–water partition coefficient (Wildman–Crippen LogP) is 4.89. The zero-order valence-corrected chi connectivity index (χ0v) is 11.4. The molecule has 0 bridgehead atoms. The number of halogens is 3. The molecule has 106 valence electrons. The molecule has 0 radical (unpaired) electrons. The Labute approximate surface area is 122 Å². The van der Waals surface area contributed by atoms with Crippen LogP contribution in [0.2, 0.25) is 0 Å². The topological polar surface area (TPSA) is 25.8 Å². The van der Waals surface area contributed by atoms with E-state index in [2.05, 4.69) is 9.97 Å². The number of benzene rings is 1. The molecule has 2 aromatic heterocycles. The fourth-order valence-electron chi connectivity index (χ4n) is 2.01. The summed E-state index contributed by atoms with van der Waals surface area (Å²) in [6.07, 6.45) is -1.43. The van der Waals surface area contributed by atoms with Gasteiger partial charge in [0.1, 0.15) is 6.33 Å². The molecule has 6 heteroatoms. The Hall–Kier alpha value is -2.21. The zero-order valence-electron chi connectivity index (χ0n) is 10.6. The van der Waals surface area contributed by atoms with Crippen LogP contribution in [0.4, 0.5) is 13.2 Å². The van der Waals surface area contributed by atoms with Crippen molar-refractivity contribution in [2.24, 2.45) is 0 Å².